The first kappa shape index (κ1) is 14.7. The van der Waals surface area contributed by atoms with Crippen LogP contribution in [0.15, 0.2) is 49.3 Å². The molecule has 3 rings (SSSR count). The van der Waals surface area contributed by atoms with Gasteiger partial charge in [-0.1, -0.05) is 6.08 Å². The molecule has 2 aromatic rings. The van der Waals surface area contributed by atoms with Crippen LogP contribution in [0.1, 0.15) is 17.9 Å². The maximum absolute atomic E-state index is 12.0. The number of rotatable bonds is 5. The lowest BCUT2D eigenvalue weighted by atomic mass is 9.96. The van der Waals surface area contributed by atoms with Crippen LogP contribution in [0.2, 0.25) is 0 Å². The minimum absolute atomic E-state index is 0.0850. The summed E-state index contributed by atoms with van der Waals surface area (Å²) in [5, 5.41) is 17.1. The van der Waals surface area contributed by atoms with Gasteiger partial charge in [0.05, 0.1) is 22.7 Å². The molecule has 0 saturated carbocycles. The summed E-state index contributed by atoms with van der Waals surface area (Å²) in [5.74, 6) is -0.610. The van der Waals surface area contributed by atoms with Gasteiger partial charge < -0.3 is 10.6 Å². The van der Waals surface area contributed by atoms with Gasteiger partial charge in [0.25, 0.3) is 5.69 Å². The Bertz CT molecular complexity index is 789. The summed E-state index contributed by atoms with van der Waals surface area (Å²) in [6.45, 7) is 3.63. The second kappa shape index (κ2) is 5.88. The smallest absolute Gasteiger partial charge is 0.293 e. The highest BCUT2D eigenvalue weighted by atomic mass is 16.6. The first-order chi connectivity index (χ1) is 11.1. The third-order valence-electron chi connectivity index (χ3n) is 3.66. The Hall–Kier alpha value is -3.22. The molecule has 2 heterocycles. The summed E-state index contributed by atoms with van der Waals surface area (Å²) in [5.41, 5.74) is 2.05. The zero-order valence-corrected chi connectivity index (χ0v) is 12.2. The van der Waals surface area contributed by atoms with E-state index < -0.39 is 10.8 Å². The fourth-order valence-electron chi connectivity index (χ4n) is 2.61. The Morgan fingerprint density at radius 1 is 1.48 bits per heavy atom. The van der Waals surface area contributed by atoms with Gasteiger partial charge in [0.15, 0.2) is 0 Å². The van der Waals surface area contributed by atoms with Gasteiger partial charge in [-0.3, -0.25) is 19.9 Å². The molecular weight excluding hydrogens is 296 g/mol. The molecule has 7 heteroatoms. The van der Waals surface area contributed by atoms with Gasteiger partial charge in [0.2, 0.25) is 5.91 Å². The van der Waals surface area contributed by atoms with E-state index in [1.165, 1.54) is 6.07 Å². The second-order valence-electron chi connectivity index (χ2n) is 5.15. The minimum atomic E-state index is -0.466. The zero-order valence-electron chi connectivity index (χ0n) is 12.2. The predicted octanol–water partition coefficient (Wildman–Crippen LogP) is 3.35. The largest absolute Gasteiger partial charge is 0.349 e. The monoisotopic (exact) mass is 310 g/mol. The highest BCUT2D eigenvalue weighted by Crippen LogP contribution is 2.41. The van der Waals surface area contributed by atoms with Crippen molar-refractivity contribution in [1.29, 1.82) is 0 Å². The average Bonchev–Trinajstić information content (AvgIpc) is 2.83. The average molecular weight is 310 g/mol. The van der Waals surface area contributed by atoms with Crippen molar-refractivity contribution in [3.05, 3.63) is 65.0 Å². The van der Waals surface area contributed by atoms with Crippen molar-refractivity contribution in [2.45, 2.75) is 12.3 Å². The first-order valence-electron chi connectivity index (χ1n) is 7.01. The minimum Gasteiger partial charge on any atom is -0.349 e. The van der Waals surface area contributed by atoms with Crippen LogP contribution in [0.25, 0.3) is 0 Å². The Balaban J connectivity index is 2.05. The predicted molar refractivity (Wildman–Crippen MR) is 86.8 cm³/mol. The molecule has 7 nitrogen and oxygen atoms in total. The van der Waals surface area contributed by atoms with Crippen molar-refractivity contribution < 1.29 is 9.72 Å². The molecule has 0 aliphatic carbocycles. The number of allylic oxidation sites excluding steroid dienone is 1. The van der Waals surface area contributed by atoms with Gasteiger partial charge in [0.1, 0.15) is 5.69 Å². The van der Waals surface area contributed by atoms with Crippen LogP contribution < -0.4 is 10.6 Å². The van der Waals surface area contributed by atoms with E-state index in [0.717, 1.165) is 0 Å². The number of benzene rings is 1. The number of hydrogen-bond donors (Lipinski definition) is 2. The van der Waals surface area contributed by atoms with E-state index in [2.05, 4.69) is 22.2 Å². The number of carbonyl (C=O) groups is 1. The summed E-state index contributed by atoms with van der Waals surface area (Å²) in [6, 6.07) is 6.51. The van der Waals surface area contributed by atoms with Crippen molar-refractivity contribution in [2.75, 3.05) is 10.6 Å². The highest BCUT2D eigenvalue weighted by molar-refractivity contribution is 6.04. The van der Waals surface area contributed by atoms with E-state index in [-0.39, 0.29) is 11.6 Å². The van der Waals surface area contributed by atoms with Crippen LogP contribution in [-0.2, 0) is 4.79 Å². The van der Waals surface area contributed by atoms with E-state index in [1.807, 2.05) is 0 Å². The summed E-state index contributed by atoms with van der Waals surface area (Å²) in [6.07, 6.45) is 5.25. The molecule has 0 spiro atoms. The summed E-state index contributed by atoms with van der Waals surface area (Å²) in [7, 11) is 0. The Morgan fingerprint density at radius 3 is 2.96 bits per heavy atom. The summed E-state index contributed by atoms with van der Waals surface area (Å²) < 4.78 is 0. The Kier molecular flexibility index (Phi) is 3.76. The molecule has 2 N–H and O–H groups in total. The zero-order chi connectivity index (χ0) is 16.4. The lowest BCUT2D eigenvalue weighted by molar-refractivity contribution is -0.384. The van der Waals surface area contributed by atoms with E-state index >= 15 is 0 Å². The van der Waals surface area contributed by atoms with Gasteiger partial charge in [-0.05, 0) is 30.2 Å². The van der Waals surface area contributed by atoms with Crippen LogP contribution >= 0.6 is 0 Å². The molecule has 1 unspecified atom stereocenters. The molecule has 1 amide bonds. The number of hydrogen-bond acceptors (Lipinski definition) is 5. The molecule has 0 saturated heterocycles. The summed E-state index contributed by atoms with van der Waals surface area (Å²) >= 11 is 0. The van der Waals surface area contributed by atoms with Crippen molar-refractivity contribution >= 4 is 28.7 Å². The quantitative estimate of drug-likeness (QED) is 0.501. The number of aromatic nitrogens is 1. The molecule has 0 radical (unpaired) electrons. The molecule has 116 valence electrons. The normalized spacial score (nSPS) is 15.7. The molecule has 1 aliphatic rings. The van der Waals surface area contributed by atoms with Crippen molar-refractivity contribution in [3.63, 3.8) is 0 Å². The number of nitro groups is 1. The number of nitrogens with one attached hydrogen (secondary N) is 2. The molecular formula is C16H14N4O3. The lowest BCUT2D eigenvalue weighted by Gasteiger charge is -2.10. The third-order valence-corrected chi connectivity index (χ3v) is 3.66. The van der Waals surface area contributed by atoms with Crippen LogP contribution in [0.5, 0.6) is 0 Å². The van der Waals surface area contributed by atoms with E-state index in [0.29, 0.717) is 29.0 Å². The van der Waals surface area contributed by atoms with Gasteiger partial charge in [-0.25, -0.2) is 0 Å². The van der Waals surface area contributed by atoms with E-state index in [9.17, 15) is 14.9 Å². The second-order valence-corrected chi connectivity index (χ2v) is 5.15. The van der Waals surface area contributed by atoms with Crippen LogP contribution in [-0.4, -0.2) is 15.8 Å². The number of pyridine rings is 1. The first-order valence-corrected chi connectivity index (χ1v) is 7.01. The number of anilines is 3. The molecule has 0 fully saturated rings. The number of nitro benzene ring substituents is 1. The fourth-order valence-corrected chi connectivity index (χ4v) is 2.61. The van der Waals surface area contributed by atoms with Crippen LogP contribution in [0, 0.1) is 10.1 Å². The Morgan fingerprint density at radius 2 is 2.30 bits per heavy atom. The maximum Gasteiger partial charge on any atom is 0.293 e. The molecule has 1 aromatic heterocycles. The van der Waals surface area contributed by atoms with Gasteiger partial charge in [-0.15, -0.1) is 6.58 Å². The Labute approximate surface area is 132 Å². The van der Waals surface area contributed by atoms with Gasteiger partial charge in [0, 0.05) is 18.0 Å². The third kappa shape index (κ3) is 2.76. The van der Waals surface area contributed by atoms with Crippen LogP contribution in [0.4, 0.5) is 22.7 Å². The van der Waals surface area contributed by atoms with E-state index in [1.54, 1.807) is 36.7 Å². The highest BCUT2D eigenvalue weighted by Gasteiger charge is 2.32. The van der Waals surface area contributed by atoms with Crippen molar-refractivity contribution in [2.24, 2.45) is 0 Å². The van der Waals surface area contributed by atoms with Crippen LogP contribution in [0.3, 0.4) is 0 Å². The SMILES string of the molecule is C=CCC1C(=O)Nc2cc(Nc3cccnc3)c([N+](=O)[O-])cc21. The molecule has 23 heavy (non-hydrogen) atoms. The topological polar surface area (TPSA) is 97.2 Å². The van der Waals surface area contributed by atoms with Gasteiger partial charge >= 0.3 is 0 Å². The molecule has 1 atom stereocenters. The maximum atomic E-state index is 12.0. The van der Waals surface area contributed by atoms with E-state index in [4.69, 9.17) is 0 Å². The van der Waals surface area contributed by atoms with Crippen molar-refractivity contribution in [1.82, 2.24) is 4.98 Å². The summed E-state index contributed by atoms with van der Waals surface area (Å²) in [4.78, 5) is 26.9. The van der Waals surface area contributed by atoms with Crippen molar-refractivity contribution in [3.8, 4) is 0 Å². The molecule has 1 aromatic carbocycles. The number of nitrogens with zero attached hydrogens (tertiary/aromatic N) is 2. The molecule has 1 aliphatic heterocycles. The fraction of sp³-hybridized carbons (Fsp3) is 0.125. The lowest BCUT2D eigenvalue weighted by Crippen LogP contribution is -2.10. The number of carbonyl (C=O) groups excluding carboxylic acids is 1. The standard InChI is InChI=1S/C16H14N4O3/c1-2-4-11-12-7-15(20(22)23)14(8-13(12)19-16(11)21)18-10-5-3-6-17-9-10/h2-3,5-9,11,18H,1,4H2,(H,19,21). The number of amides is 1. The van der Waals surface area contributed by atoms with Gasteiger partial charge in [-0.2, -0.15) is 0 Å². The number of fused-ring (bicyclic) bond motifs is 1. The molecule has 0 bridgehead atoms.